The number of nitrogens with two attached hydrogens (primary N) is 1. The number of carbonyl (C=O) groups is 2. The van der Waals surface area contributed by atoms with Gasteiger partial charge in [-0.25, -0.2) is 0 Å². The zero-order chi connectivity index (χ0) is 18.6. The first kappa shape index (κ1) is 20.0. The molecule has 25 heavy (non-hydrogen) atoms. The average molecular weight is 386 g/mol. The third kappa shape index (κ3) is 3.94. The zero-order valence-electron chi connectivity index (χ0n) is 14.7. The van der Waals surface area contributed by atoms with Gasteiger partial charge in [0.15, 0.2) is 0 Å². The summed E-state index contributed by atoms with van der Waals surface area (Å²) >= 11 is 12.3. The molecule has 1 aromatic carbocycles. The normalized spacial score (nSPS) is 15.4. The van der Waals surface area contributed by atoms with Crippen molar-refractivity contribution >= 4 is 35.0 Å². The first-order valence-electron chi connectivity index (χ1n) is 8.63. The second kappa shape index (κ2) is 8.39. The molecule has 1 heterocycles. The molecule has 2 amide bonds. The van der Waals surface area contributed by atoms with Crippen LogP contribution in [0.3, 0.4) is 0 Å². The van der Waals surface area contributed by atoms with E-state index in [1.807, 2.05) is 18.7 Å². The van der Waals surface area contributed by atoms with Crippen molar-refractivity contribution in [3.63, 3.8) is 0 Å². The van der Waals surface area contributed by atoms with E-state index < -0.39 is 5.41 Å². The number of piperazine rings is 1. The van der Waals surface area contributed by atoms with Crippen molar-refractivity contribution in [1.29, 1.82) is 0 Å². The Labute approximate surface area is 159 Å². The van der Waals surface area contributed by atoms with Gasteiger partial charge in [0.05, 0.1) is 21.0 Å². The molecule has 1 aliphatic rings. The maximum atomic E-state index is 12.9. The Morgan fingerprint density at radius 1 is 1.04 bits per heavy atom. The van der Waals surface area contributed by atoms with E-state index in [2.05, 4.69) is 0 Å². The van der Waals surface area contributed by atoms with E-state index in [1.165, 1.54) is 0 Å². The molecular formula is C18H25Cl2N3O2. The molecule has 1 aromatic rings. The van der Waals surface area contributed by atoms with Crippen molar-refractivity contribution in [2.45, 2.75) is 26.7 Å². The van der Waals surface area contributed by atoms with Gasteiger partial charge in [0.2, 0.25) is 5.91 Å². The molecule has 0 unspecified atom stereocenters. The number of halogens is 2. The van der Waals surface area contributed by atoms with Gasteiger partial charge in [0.1, 0.15) is 0 Å². The Morgan fingerprint density at radius 3 is 1.96 bits per heavy atom. The number of hydrogen-bond donors (Lipinski definition) is 1. The molecule has 138 valence electrons. The van der Waals surface area contributed by atoms with Gasteiger partial charge in [-0.05, 0) is 25.0 Å². The molecule has 0 atom stereocenters. The fraction of sp³-hybridized carbons (Fsp3) is 0.556. The van der Waals surface area contributed by atoms with Gasteiger partial charge in [-0.1, -0.05) is 43.1 Å². The summed E-state index contributed by atoms with van der Waals surface area (Å²) in [5, 5.41) is 0.685. The molecule has 7 heteroatoms. The maximum absolute atomic E-state index is 12.9. The number of nitrogens with zero attached hydrogens (tertiary/aromatic N) is 2. The highest BCUT2D eigenvalue weighted by atomic mass is 35.5. The number of benzene rings is 1. The summed E-state index contributed by atoms with van der Waals surface area (Å²) in [6.07, 6.45) is 1.43. The molecule has 2 N–H and O–H groups in total. The summed E-state index contributed by atoms with van der Waals surface area (Å²) in [6.45, 7) is 6.23. The van der Waals surface area contributed by atoms with E-state index in [1.54, 1.807) is 23.1 Å². The van der Waals surface area contributed by atoms with Crippen LogP contribution in [0.15, 0.2) is 18.2 Å². The minimum absolute atomic E-state index is 0.0860. The molecule has 0 bridgehead atoms. The van der Waals surface area contributed by atoms with Gasteiger partial charge >= 0.3 is 0 Å². The summed E-state index contributed by atoms with van der Waals surface area (Å²) in [7, 11) is 0. The SMILES string of the molecule is CCC(CC)(CN)C(=O)N1CCN(C(=O)c2c(Cl)cccc2Cl)CC1. The van der Waals surface area contributed by atoms with Crippen LogP contribution >= 0.6 is 23.2 Å². The van der Waals surface area contributed by atoms with Crippen LogP contribution in [0.4, 0.5) is 0 Å². The number of hydrogen-bond acceptors (Lipinski definition) is 3. The summed E-state index contributed by atoms with van der Waals surface area (Å²) in [4.78, 5) is 29.1. The van der Waals surface area contributed by atoms with E-state index in [9.17, 15) is 9.59 Å². The molecule has 0 saturated carbocycles. The molecule has 1 saturated heterocycles. The lowest BCUT2D eigenvalue weighted by atomic mass is 9.81. The fourth-order valence-electron chi connectivity index (χ4n) is 3.24. The van der Waals surface area contributed by atoms with Gasteiger partial charge in [0, 0.05) is 32.7 Å². The monoisotopic (exact) mass is 385 g/mol. The third-order valence-electron chi connectivity index (χ3n) is 5.23. The van der Waals surface area contributed by atoms with Crippen molar-refractivity contribution < 1.29 is 9.59 Å². The lowest BCUT2D eigenvalue weighted by Gasteiger charge is -2.40. The maximum Gasteiger partial charge on any atom is 0.257 e. The highest BCUT2D eigenvalue weighted by Gasteiger charge is 2.38. The molecule has 1 aliphatic heterocycles. The molecule has 0 spiro atoms. The molecular weight excluding hydrogens is 361 g/mol. The van der Waals surface area contributed by atoms with Crippen molar-refractivity contribution in [2.75, 3.05) is 32.7 Å². The summed E-state index contributed by atoms with van der Waals surface area (Å²) in [5.74, 6) is -0.110. The largest absolute Gasteiger partial charge is 0.339 e. The summed E-state index contributed by atoms with van der Waals surface area (Å²) < 4.78 is 0. The number of carbonyl (C=O) groups excluding carboxylic acids is 2. The van der Waals surface area contributed by atoms with E-state index >= 15 is 0 Å². The van der Waals surface area contributed by atoms with Gasteiger partial charge in [0.25, 0.3) is 5.91 Å². The molecule has 1 fully saturated rings. The molecule has 2 rings (SSSR count). The lowest BCUT2D eigenvalue weighted by Crippen LogP contribution is -2.55. The Kier molecular flexibility index (Phi) is 6.72. The van der Waals surface area contributed by atoms with Crippen LogP contribution in [0.5, 0.6) is 0 Å². The van der Waals surface area contributed by atoms with Gasteiger partial charge in [-0.3, -0.25) is 9.59 Å². The van der Waals surface area contributed by atoms with Crippen LogP contribution in [0.2, 0.25) is 10.0 Å². The Balaban J connectivity index is 2.07. The third-order valence-corrected chi connectivity index (χ3v) is 5.86. The second-order valence-corrected chi connectivity index (χ2v) is 7.19. The molecule has 0 aliphatic carbocycles. The standard InChI is InChI=1S/C18H25Cl2N3O2/c1-3-18(4-2,12-21)17(25)23-10-8-22(9-11-23)16(24)15-13(19)6-5-7-14(15)20/h5-7H,3-4,8-12,21H2,1-2H3. The van der Waals surface area contributed by atoms with Crippen molar-refractivity contribution in [3.05, 3.63) is 33.8 Å². The quantitative estimate of drug-likeness (QED) is 0.846. The van der Waals surface area contributed by atoms with Gasteiger partial charge < -0.3 is 15.5 Å². The predicted octanol–water partition coefficient (Wildman–Crippen LogP) is 3.04. The first-order chi connectivity index (χ1) is 11.9. The van der Waals surface area contributed by atoms with Gasteiger partial charge in [-0.15, -0.1) is 0 Å². The molecule has 0 aromatic heterocycles. The minimum Gasteiger partial charge on any atom is -0.339 e. The highest BCUT2D eigenvalue weighted by Crippen LogP contribution is 2.29. The Hall–Kier alpha value is -1.30. The number of amides is 2. The van der Waals surface area contributed by atoms with Crippen LogP contribution in [0.25, 0.3) is 0 Å². The van der Waals surface area contributed by atoms with E-state index in [-0.39, 0.29) is 11.8 Å². The highest BCUT2D eigenvalue weighted by molar-refractivity contribution is 6.39. The topological polar surface area (TPSA) is 66.6 Å². The van der Waals surface area contributed by atoms with Crippen LogP contribution in [-0.2, 0) is 4.79 Å². The van der Waals surface area contributed by atoms with Crippen molar-refractivity contribution in [1.82, 2.24) is 9.80 Å². The molecule has 5 nitrogen and oxygen atoms in total. The number of rotatable bonds is 5. The Bertz CT molecular complexity index is 611. The van der Waals surface area contributed by atoms with Crippen LogP contribution in [0, 0.1) is 5.41 Å². The van der Waals surface area contributed by atoms with Gasteiger partial charge in [-0.2, -0.15) is 0 Å². The second-order valence-electron chi connectivity index (χ2n) is 6.37. The van der Waals surface area contributed by atoms with Crippen molar-refractivity contribution in [2.24, 2.45) is 11.1 Å². The average Bonchev–Trinajstić information content (AvgIpc) is 2.63. The van der Waals surface area contributed by atoms with Crippen LogP contribution in [-0.4, -0.2) is 54.3 Å². The van der Waals surface area contributed by atoms with E-state index in [4.69, 9.17) is 28.9 Å². The lowest BCUT2D eigenvalue weighted by molar-refractivity contribution is -0.143. The van der Waals surface area contributed by atoms with E-state index in [0.29, 0.717) is 61.2 Å². The Morgan fingerprint density at radius 2 is 1.52 bits per heavy atom. The van der Waals surface area contributed by atoms with Crippen molar-refractivity contribution in [3.8, 4) is 0 Å². The summed E-state index contributed by atoms with van der Waals surface area (Å²) in [6, 6.07) is 5.01. The first-order valence-corrected chi connectivity index (χ1v) is 9.38. The smallest absolute Gasteiger partial charge is 0.257 e. The zero-order valence-corrected chi connectivity index (χ0v) is 16.2. The minimum atomic E-state index is -0.502. The van der Waals surface area contributed by atoms with E-state index in [0.717, 1.165) is 0 Å². The van der Waals surface area contributed by atoms with Crippen LogP contribution < -0.4 is 5.73 Å². The fourth-order valence-corrected chi connectivity index (χ4v) is 3.80. The van der Waals surface area contributed by atoms with Crippen LogP contribution in [0.1, 0.15) is 37.0 Å². The predicted molar refractivity (Wildman–Crippen MR) is 101 cm³/mol. The summed E-state index contributed by atoms with van der Waals surface area (Å²) in [5.41, 5.74) is 5.70. The molecule has 0 radical (unpaired) electrons.